The van der Waals surface area contributed by atoms with Gasteiger partial charge in [0.25, 0.3) is 5.91 Å². The van der Waals surface area contributed by atoms with Crippen molar-refractivity contribution in [3.63, 3.8) is 0 Å². The fourth-order valence-electron chi connectivity index (χ4n) is 2.62. The summed E-state index contributed by atoms with van der Waals surface area (Å²) in [5, 5.41) is 8.61. The molecule has 1 amide bonds. The van der Waals surface area contributed by atoms with E-state index in [0.29, 0.717) is 6.54 Å². The van der Waals surface area contributed by atoms with E-state index < -0.39 is 0 Å². The van der Waals surface area contributed by atoms with Crippen LogP contribution < -0.4 is 10.6 Å². The summed E-state index contributed by atoms with van der Waals surface area (Å²) in [6.07, 6.45) is 2.01. The van der Waals surface area contributed by atoms with Crippen LogP contribution in [0.5, 0.6) is 0 Å². The Morgan fingerprint density at radius 3 is 2.36 bits per heavy atom. The predicted octanol–water partition coefficient (Wildman–Crippen LogP) is 4.58. The Hall–Kier alpha value is -2.03. The van der Waals surface area contributed by atoms with Crippen molar-refractivity contribution in [3.8, 4) is 0 Å². The lowest BCUT2D eigenvalue weighted by molar-refractivity contribution is 0.0958. The van der Waals surface area contributed by atoms with Crippen LogP contribution in [0.2, 0.25) is 0 Å². The molecule has 118 valence electrons. The second kappa shape index (κ2) is 6.82. The van der Waals surface area contributed by atoms with Crippen molar-refractivity contribution in [1.29, 1.82) is 0 Å². The number of hydrogen-bond donors (Lipinski definition) is 2. The molecule has 2 N–H and O–H groups in total. The van der Waals surface area contributed by atoms with Crippen LogP contribution in [0.4, 0.5) is 5.69 Å². The minimum Gasteiger partial charge on any atom is -0.379 e. The topological polar surface area (TPSA) is 41.1 Å². The Kier molecular flexibility index (Phi) is 5.07. The summed E-state index contributed by atoms with van der Waals surface area (Å²) >= 11 is 0. The van der Waals surface area contributed by atoms with Gasteiger partial charge in [-0.2, -0.15) is 0 Å². The quantitative estimate of drug-likeness (QED) is 0.819. The number of amides is 1. The van der Waals surface area contributed by atoms with Crippen LogP contribution in [-0.4, -0.2) is 18.0 Å². The lowest BCUT2D eigenvalue weighted by Crippen LogP contribution is -2.34. The molecule has 0 saturated heterocycles. The van der Waals surface area contributed by atoms with Gasteiger partial charge in [0, 0.05) is 17.8 Å². The number of rotatable bonds is 6. The van der Waals surface area contributed by atoms with E-state index in [4.69, 9.17) is 0 Å². The molecule has 0 saturated carbocycles. The molecule has 0 unspecified atom stereocenters. The minimum atomic E-state index is -0.0173. The fraction of sp³-hybridized carbons (Fsp3) is 0.421. The number of benzene rings is 2. The number of hydrogen-bond acceptors (Lipinski definition) is 2. The highest BCUT2D eigenvalue weighted by Gasteiger charge is 2.23. The summed E-state index contributed by atoms with van der Waals surface area (Å²) < 4.78 is 0. The van der Waals surface area contributed by atoms with Crippen LogP contribution in [0.3, 0.4) is 0 Å². The van der Waals surface area contributed by atoms with E-state index in [1.54, 1.807) is 0 Å². The van der Waals surface area contributed by atoms with Crippen LogP contribution in [0, 0.1) is 0 Å². The SMILES string of the molecule is CCNC(=O)c1c(NC(C)(CC)CC)ccc2ccccc12. The number of fused-ring (bicyclic) bond motifs is 1. The molecule has 0 bridgehead atoms. The lowest BCUT2D eigenvalue weighted by atomic mass is 9.93. The van der Waals surface area contributed by atoms with Crippen LogP contribution in [0.25, 0.3) is 10.8 Å². The van der Waals surface area contributed by atoms with Gasteiger partial charge in [0.15, 0.2) is 0 Å². The number of carbonyl (C=O) groups excluding carboxylic acids is 1. The van der Waals surface area contributed by atoms with Crippen LogP contribution in [-0.2, 0) is 0 Å². The molecule has 0 radical (unpaired) electrons. The normalized spacial score (nSPS) is 11.5. The molecule has 0 aliphatic heterocycles. The maximum Gasteiger partial charge on any atom is 0.254 e. The predicted molar refractivity (Wildman–Crippen MR) is 94.6 cm³/mol. The maximum absolute atomic E-state index is 12.6. The van der Waals surface area contributed by atoms with Crippen molar-refractivity contribution < 1.29 is 4.79 Å². The molecule has 0 atom stereocenters. The van der Waals surface area contributed by atoms with E-state index in [9.17, 15) is 4.79 Å². The molecule has 2 aromatic rings. The molecule has 2 aromatic carbocycles. The van der Waals surface area contributed by atoms with E-state index in [1.807, 2.05) is 37.3 Å². The summed E-state index contributed by atoms with van der Waals surface area (Å²) in [6, 6.07) is 12.1. The van der Waals surface area contributed by atoms with E-state index >= 15 is 0 Å². The molecular weight excluding hydrogens is 272 g/mol. The van der Waals surface area contributed by atoms with Crippen LogP contribution >= 0.6 is 0 Å². The molecule has 0 aliphatic carbocycles. The van der Waals surface area contributed by atoms with Crippen molar-refractivity contribution in [3.05, 3.63) is 42.0 Å². The Morgan fingerprint density at radius 1 is 1.05 bits per heavy atom. The maximum atomic E-state index is 12.6. The Balaban J connectivity index is 2.58. The fourth-order valence-corrected chi connectivity index (χ4v) is 2.62. The monoisotopic (exact) mass is 298 g/mol. The second-order valence-electron chi connectivity index (χ2n) is 5.96. The third kappa shape index (κ3) is 3.24. The van der Waals surface area contributed by atoms with Gasteiger partial charge >= 0.3 is 0 Å². The Morgan fingerprint density at radius 2 is 1.73 bits per heavy atom. The van der Waals surface area contributed by atoms with Crippen molar-refractivity contribution in [1.82, 2.24) is 5.32 Å². The van der Waals surface area contributed by atoms with Crippen LogP contribution in [0.1, 0.15) is 50.9 Å². The Bertz CT molecular complexity index is 660. The molecule has 22 heavy (non-hydrogen) atoms. The minimum absolute atomic E-state index is 0.0102. The summed E-state index contributed by atoms with van der Waals surface area (Å²) in [5.74, 6) is -0.0173. The van der Waals surface area contributed by atoms with Gasteiger partial charge in [-0.1, -0.05) is 44.2 Å². The number of anilines is 1. The third-order valence-electron chi connectivity index (χ3n) is 4.49. The Labute approximate surface area is 133 Å². The molecule has 0 heterocycles. The zero-order valence-corrected chi connectivity index (χ0v) is 14.0. The van der Waals surface area contributed by atoms with Crippen molar-refractivity contribution in [2.75, 3.05) is 11.9 Å². The highest BCUT2D eigenvalue weighted by atomic mass is 16.1. The van der Waals surface area contributed by atoms with Gasteiger partial charge in [-0.25, -0.2) is 0 Å². The molecule has 2 rings (SSSR count). The second-order valence-corrected chi connectivity index (χ2v) is 5.96. The van der Waals surface area contributed by atoms with Crippen molar-refractivity contribution in [2.45, 2.75) is 46.1 Å². The smallest absolute Gasteiger partial charge is 0.254 e. The molecule has 3 heteroatoms. The van der Waals surface area contributed by atoms with Crippen LogP contribution in [0.15, 0.2) is 36.4 Å². The highest BCUT2D eigenvalue weighted by Crippen LogP contribution is 2.30. The number of carbonyl (C=O) groups is 1. The molecular formula is C19H26N2O. The molecule has 0 aromatic heterocycles. The highest BCUT2D eigenvalue weighted by molar-refractivity contribution is 6.11. The number of nitrogens with one attached hydrogen (secondary N) is 2. The largest absolute Gasteiger partial charge is 0.379 e. The van der Waals surface area contributed by atoms with Gasteiger partial charge < -0.3 is 10.6 Å². The average molecular weight is 298 g/mol. The average Bonchev–Trinajstić information content (AvgIpc) is 2.54. The van der Waals surface area contributed by atoms with E-state index in [0.717, 1.165) is 34.9 Å². The van der Waals surface area contributed by atoms with Gasteiger partial charge in [0.1, 0.15) is 0 Å². The van der Waals surface area contributed by atoms with E-state index in [1.165, 1.54) is 0 Å². The van der Waals surface area contributed by atoms with Gasteiger partial charge in [-0.3, -0.25) is 4.79 Å². The first-order valence-corrected chi connectivity index (χ1v) is 8.12. The van der Waals surface area contributed by atoms with Gasteiger partial charge in [0.2, 0.25) is 0 Å². The van der Waals surface area contributed by atoms with Gasteiger partial charge in [-0.05, 0) is 43.5 Å². The third-order valence-corrected chi connectivity index (χ3v) is 4.49. The van der Waals surface area contributed by atoms with Crippen molar-refractivity contribution in [2.24, 2.45) is 0 Å². The first kappa shape index (κ1) is 16.3. The summed E-state index contributed by atoms with van der Waals surface area (Å²) in [5.41, 5.74) is 1.65. The van der Waals surface area contributed by atoms with Crippen molar-refractivity contribution >= 4 is 22.4 Å². The summed E-state index contributed by atoms with van der Waals surface area (Å²) in [4.78, 5) is 12.6. The van der Waals surface area contributed by atoms with Gasteiger partial charge in [0.05, 0.1) is 5.56 Å². The first-order valence-electron chi connectivity index (χ1n) is 8.12. The molecule has 0 fully saturated rings. The van der Waals surface area contributed by atoms with Gasteiger partial charge in [-0.15, -0.1) is 0 Å². The summed E-state index contributed by atoms with van der Waals surface area (Å²) in [7, 11) is 0. The summed E-state index contributed by atoms with van der Waals surface area (Å²) in [6.45, 7) is 9.11. The zero-order chi connectivity index (χ0) is 16.2. The lowest BCUT2D eigenvalue weighted by Gasteiger charge is -2.31. The molecule has 0 spiro atoms. The van der Waals surface area contributed by atoms with E-state index in [-0.39, 0.29) is 11.4 Å². The molecule has 0 aliphatic rings. The molecule has 3 nitrogen and oxygen atoms in total. The standard InChI is InChI=1S/C19H26N2O/c1-5-19(4,6-2)21-16-13-12-14-10-8-9-11-15(14)17(16)18(22)20-7-3/h8-13,21H,5-7H2,1-4H3,(H,20,22). The zero-order valence-electron chi connectivity index (χ0n) is 14.0. The first-order chi connectivity index (χ1) is 10.5. The van der Waals surface area contributed by atoms with E-state index in [2.05, 4.69) is 37.5 Å².